The SMILES string of the molecule is CCN(Cc1ccc(N)cc1Cl)C1CCCC1. The molecule has 0 atom stereocenters. The van der Waals surface area contributed by atoms with Crippen LogP contribution < -0.4 is 5.73 Å². The van der Waals surface area contributed by atoms with Gasteiger partial charge in [0.05, 0.1) is 0 Å². The Labute approximate surface area is 109 Å². The molecule has 3 heteroatoms. The monoisotopic (exact) mass is 252 g/mol. The number of benzene rings is 1. The van der Waals surface area contributed by atoms with Crippen LogP contribution >= 0.6 is 11.6 Å². The summed E-state index contributed by atoms with van der Waals surface area (Å²) >= 11 is 6.23. The van der Waals surface area contributed by atoms with Crippen molar-refractivity contribution in [2.45, 2.75) is 45.2 Å². The summed E-state index contributed by atoms with van der Waals surface area (Å²) in [6.45, 7) is 4.26. The highest BCUT2D eigenvalue weighted by Gasteiger charge is 2.21. The smallest absolute Gasteiger partial charge is 0.0471 e. The van der Waals surface area contributed by atoms with Crippen LogP contribution in [0.25, 0.3) is 0 Å². The normalized spacial score (nSPS) is 16.9. The lowest BCUT2D eigenvalue weighted by Crippen LogP contribution is -2.32. The third-order valence-electron chi connectivity index (χ3n) is 3.70. The second-order valence-corrected chi connectivity index (χ2v) is 5.26. The molecule has 0 bridgehead atoms. The number of nitrogen functional groups attached to an aromatic ring is 1. The molecule has 0 aromatic heterocycles. The van der Waals surface area contributed by atoms with Gasteiger partial charge in [-0.3, -0.25) is 4.90 Å². The van der Waals surface area contributed by atoms with Crippen LogP contribution in [0.1, 0.15) is 38.2 Å². The molecule has 0 amide bonds. The van der Waals surface area contributed by atoms with Crippen molar-refractivity contribution in [1.82, 2.24) is 4.90 Å². The van der Waals surface area contributed by atoms with Gasteiger partial charge in [-0.2, -0.15) is 0 Å². The third kappa shape index (κ3) is 3.14. The van der Waals surface area contributed by atoms with Crippen LogP contribution in [0.5, 0.6) is 0 Å². The lowest BCUT2D eigenvalue weighted by atomic mass is 10.1. The van der Waals surface area contributed by atoms with Gasteiger partial charge in [-0.05, 0) is 37.1 Å². The number of halogens is 1. The highest BCUT2D eigenvalue weighted by Crippen LogP contribution is 2.27. The molecule has 94 valence electrons. The van der Waals surface area contributed by atoms with Crippen molar-refractivity contribution in [3.63, 3.8) is 0 Å². The maximum Gasteiger partial charge on any atom is 0.0471 e. The average molecular weight is 253 g/mol. The molecule has 1 aliphatic rings. The van der Waals surface area contributed by atoms with E-state index in [1.807, 2.05) is 12.1 Å². The standard InChI is InChI=1S/C14H21ClN2/c1-2-17(13-5-3-4-6-13)10-11-7-8-12(16)9-14(11)15/h7-9,13H,2-6,10,16H2,1H3. The van der Waals surface area contributed by atoms with E-state index in [9.17, 15) is 0 Å². The Morgan fingerprint density at radius 3 is 2.65 bits per heavy atom. The van der Waals surface area contributed by atoms with Crippen LogP contribution in [-0.4, -0.2) is 17.5 Å². The molecule has 1 aromatic carbocycles. The Morgan fingerprint density at radius 2 is 2.06 bits per heavy atom. The van der Waals surface area contributed by atoms with Crippen LogP contribution in [0, 0.1) is 0 Å². The summed E-state index contributed by atoms with van der Waals surface area (Å²) in [6, 6.07) is 6.58. The van der Waals surface area contributed by atoms with E-state index in [1.165, 1.54) is 31.2 Å². The number of nitrogens with zero attached hydrogens (tertiary/aromatic N) is 1. The largest absolute Gasteiger partial charge is 0.399 e. The summed E-state index contributed by atoms with van der Waals surface area (Å²) < 4.78 is 0. The molecule has 1 saturated carbocycles. The van der Waals surface area contributed by atoms with Gasteiger partial charge in [-0.1, -0.05) is 37.4 Å². The Morgan fingerprint density at radius 1 is 1.35 bits per heavy atom. The Kier molecular flexibility index (Phi) is 4.30. The number of anilines is 1. The summed E-state index contributed by atoms with van der Waals surface area (Å²) in [4.78, 5) is 2.53. The fourth-order valence-corrected chi connectivity index (χ4v) is 2.93. The summed E-state index contributed by atoms with van der Waals surface area (Å²) in [7, 11) is 0. The predicted molar refractivity (Wildman–Crippen MR) is 74.2 cm³/mol. The fourth-order valence-electron chi connectivity index (χ4n) is 2.68. The van der Waals surface area contributed by atoms with Crippen LogP contribution in [0.4, 0.5) is 5.69 Å². The van der Waals surface area contributed by atoms with E-state index >= 15 is 0 Å². The molecule has 0 spiro atoms. The van der Waals surface area contributed by atoms with Crippen molar-refractivity contribution in [2.75, 3.05) is 12.3 Å². The second-order valence-electron chi connectivity index (χ2n) is 4.85. The minimum absolute atomic E-state index is 0.739. The molecule has 17 heavy (non-hydrogen) atoms. The lowest BCUT2D eigenvalue weighted by molar-refractivity contribution is 0.200. The predicted octanol–water partition coefficient (Wildman–Crippen LogP) is 3.69. The zero-order valence-corrected chi connectivity index (χ0v) is 11.2. The molecule has 2 rings (SSSR count). The van der Waals surface area contributed by atoms with Gasteiger partial charge >= 0.3 is 0 Å². The zero-order valence-electron chi connectivity index (χ0n) is 10.5. The third-order valence-corrected chi connectivity index (χ3v) is 4.05. The van der Waals surface area contributed by atoms with Crippen LogP contribution in [-0.2, 0) is 6.54 Å². The van der Waals surface area contributed by atoms with Crippen LogP contribution in [0.3, 0.4) is 0 Å². The summed E-state index contributed by atoms with van der Waals surface area (Å²) in [5.41, 5.74) is 7.64. The first-order valence-corrected chi connectivity index (χ1v) is 6.86. The Bertz CT molecular complexity index is 372. The van der Waals surface area contributed by atoms with Crippen molar-refractivity contribution in [3.05, 3.63) is 28.8 Å². The van der Waals surface area contributed by atoms with Crippen molar-refractivity contribution < 1.29 is 0 Å². The minimum Gasteiger partial charge on any atom is -0.399 e. The number of hydrogen-bond donors (Lipinski definition) is 1. The molecule has 1 aliphatic carbocycles. The van der Waals surface area contributed by atoms with Gasteiger partial charge in [0.2, 0.25) is 0 Å². The number of hydrogen-bond acceptors (Lipinski definition) is 2. The quantitative estimate of drug-likeness (QED) is 0.829. The Hall–Kier alpha value is -0.730. The van der Waals surface area contributed by atoms with E-state index in [2.05, 4.69) is 17.9 Å². The topological polar surface area (TPSA) is 29.3 Å². The van der Waals surface area contributed by atoms with Gasteiger partial charge in [-0.15, -0.1) is 0 Å². The molecule has 2 nitrogen and oxygen atoms in total. The summed E-state index contributed by atoms with van der Waals surface area (Å²) in [5.74, 6) is 0. The molecule has 1 fully saturated rings. The van der Waals surface area contributed by atoms with E-state index in [0.29, 0.717) is 0 Å². The van der Waals surface area contributed by atoms with Gasteiger partial charge in [0.1, 0.15) is 0 Å². The van der Waals surface area contributed by atoms with E-state index in [-0.39, 0.29) is 0 Å². The van der Waals surface area contributed by atoms with Gasteiger partial charge in [0.15, 0.2) is 0 Å². The molecule has 0 radical (unpaired) electrons. The average Bonchev–Trinajstić information content (AvgIpc) is 2.81. The maximum atomic E-state index is 6.23. The molecular weight excluding hydrogens is 232 g/mol. The molecular formula is C14H21ClN2. The molecule has 0 heterocycles. The van der Waals surface area contributed by atoms with Gasteiger partial charge < -0.3 is 5.73 Å². The molecule has 0 unspecified atom stereocenters. The summed E-state index contributed by atoms with van der Waals surface area (Å²) in [5, 5.41) is 0.793. The molecule has 1 aromatic rings. The van der Waals surface area contributed by atoms with Gasteiger partial charge in [-0.25, -0.2) is 0 Å². The van der Waals surface area contributed by atoms with E-state index in [1.54, 1.807) is 0 Å². The summed E-state index contributed by atoms with van der Waals surface area (Å²) in [6.07, 6.45) is 5.41. The minimum atomic E-state index is 0.739. The van der Waals surface area contributed by atoms with Crippen LogP contribution in [0.2, 0.25) is 5.02 Å². The first-order chi connectivity index (χ1) is 8.20. The van der Waals surface area contributed by atoms with Crippen LogP contribution in [0.15, 0.2) is 18.2 Å². The number of rotatable bonds is 4. The Balaban J connectivity index is 2.06. The highest BCUT2D eigenvalue weighted by molar-refractivity contribution is 6.31. The van der Waals surface area contributed by atoms with Gasteiger partial charge in [0.25, 0.3) is 0 Å². The van der Waals surface area contributed by atoms with Crippen molar-refractivity contribution in [1.29, 1.82) is 0 Å². The highest BCUT2D eigenvalue weighted by atomic mass is 35.5. The first-order valence-electron chi connectivity index (χ1n) is 6.48. The second kappa shape index (κ2) is 5.74. The van der Waals surface area contributed by atoms with Crippen molar-refractivity contribution >= 4 is 17.3 Å². The van der Waals surface area contributed by atoms with Gasteiger partial charge in [0, 0.05) is 23.3 Å². The maximum absolute atomic E-state index is 6.23. The van der Waals surface area contributed by atoms with Crippen molar-refractivity contribution in [3.8, 4) is 0 Å². The first kappa shape index (κ1) is 12.7. The molecule has 2 N–H and O–H groups in total. The van der Waals surface area contributed by atoms with E-state index < -0.39 is 0 Å². The molecule has 0 aliphatic heterocycles. The lowest BCUT2D eigenvalue weighted by Gasteiger charge is -2.27. The number of nitrogens with two attached hydrogens (primary N) is 1. The van der Waals surface area contributed by atoms with E-state index in [4.69, 9.17) is 17.3 Å². The molecule has 0 saturated heterocycles. The zero-order chi connectivity index (χ0) is 12.3. The fraction of sp³-hybridized carbons (Fsp3) is 0.571. The van der Waals surface area contributed by atoms with Crippen molar-refractivity contribution in [2.24, 2.45) is 0 Å². The van der Waals surface area contributed by atoms with E-state index in [0.717, 1.165) is 29.8 Å².